The van der Waals surface area contributed by atoms with Gasteiger partial charge in [0.15, 0.2) is 5.78 Å². The summed E-state index contributed by atoms with van der Waals surface area (Å²) in [7, 11) is 2.43. The maximum atomic E-state index is 12.1. The molecule has 8 heteroatoms. The van der Waals surface area contributed by atoms with E-state index in [4.69, 9.17) is 0 Å². The summed E-state index contributed by atoms with van der Waals surface area (Å²) in [5.41, 5.74) is 0. The van der Waals surface area contributed by atoms with E-state index in [0.29, 0.717) is 9.11 Å². The average molecular weight is 358 g/mol. The molecule has 0 fully saturated rings. The van der Waals surface area contributed by atoms with Gasteiger partial charge in [-0.3, -0.25) is 4.79 Å². The molecule has 0 saturated heterocycles. The van der Waals surface area contributed by atoms with Gasteiger partial charge >= 0.3 is 11.9 Å². The van der Waals surface area contributed by atoms with Crippen LogP contribution in [0.1, 0.15) is 9.67 Å². The lowest BCUT2D eigenvalue weighted by molar-refractivity contribution is -0.137. The van der Waals surface area contributed by atoms with Crippen molar-refractivity contribution < 1.29 is 23.9 Å². The Kier molecular flexibility index (Phi) is 8.00. The zero-order chi connectivity index (χ0) is 16.5. The fourth-order valence-corrected chi connectivity index (χ4v) is 3.40. The highest BCUT2D eigenvalue weighted by Gasteiger charge is 2.16. The van der Waals surface area contributed by atoms with Gasteiger partial charge in [0.1, 0.15) is 4.91 Å². The number of esters is 2. The van der Waals surface area contributed by atoms with Crippen LogP contribution < -0.4 is 0 Å². The molecule has 0 aliphatic carbocycles. The van der Waals surface area contributed by atoms with Gasteiger partial charge in [0.2, 0.25) is 0 Å². The minimum Gasteiger partial charge on any atom is -0.466 e. The molecule has 1 aromatic heterocycles. The number of methoxy groups -OCH3 is 2. The van der Waals surface area contributed by atoms with Crippen LogP contribution in [0, 0.1) is 0 Å². The number of ether oxygens (including phenoxy) is 2. The Morgan fingerprint density at radius 1 is 1.18 bits per heavy atom. The second kappa shape index (κ2) is 9.50. The summed E-state index contributed by atoms with van der Waals surface area (Å²) in [6.07, 6.45) is 4.24. The maximum Gasteiger partial charge on any atom is 0.344 e. The van der Waals surface area contributed by atoms with E-state index in [-0.39, 0.29) is 10.7 Å². The predicted molar refractivity (Wildman–Crippen MR) is 90.0 cm³/mol. The van der Waals surface area contributed by atoms with Crippen LogP contribution in [0.3, 0.4) is 0 Å². The molecule has 0 bridgehead atoms. The highest BCUT2D eigenvalue weighted by Crippen LogP contribution is 2.34. The second-order valence-electron chi connectivity index (χ2n) is 3.63. The molecule has 0 amide bonds. The SMILES string of the molecule is COC(=O)/C=C(/S/C(=C/C(=O)c1cccs1)SC)C(=O)OC. The maximum absolute atomic E-state index is 12.1. The monoisotopic (exact) mass is 358 g/mol. The smallest absolute Gasteiger partial charge is 0.344 e. The first kappa shape index (κ1) is 18.5. The Morgan fingerprint density at radius 3 is 2.41 bits per heavy atom. The highest BCUT2D eigenvalue weighted by molar-refractivity contribution is 8.24. The van der Waals surface area contributed by atoms with Gasteiger partial charge in [-0.15, -0.1) is 23.1 Å². The van der Waals surface area contributed by atoms with Gasteiger partial charge < -0.3 is 9.47 Å². The average Bonchev–Trinajstić information content (AvgIpc) is 3.06. The summed E-state index contributed by atoms with van der Waals surface area (Å²) in [6, 6.07) is 3.51. The quantitative estimate of drug-likeness (QED) is 0.421. The van der Waals surface area contributed by atoms with Gasteiger partial charge in [0, 0.05) is 16.4 Å². The first-order valence-corrected chi connectivity index (χ1v) is 8.83. The van der Waals surface area contributed by atoms with Gasteiger partial charge in [-0.2, -0.15) is 0 Å². The van der Waals surface area contributed by atoms with Crippen molar-refractivity contribution in [2.24, 2.45) is 0 Å². The number of allylic oxidation sites excluding steroid dienone is 1. The Labute approximate surface area is 140 Å². The molecule has 0 aliphatic rings. The van der Waals surface area contributed by atoms with Gasteiger partial charge in [-0.25, -0.2) is 9.59 Å². The van der Waals surface area contributed by atoms with Crippen LogP contribution >= 0.6 is 34.9 Å². The number of carbonyl (C=O) groups is 3. The van der Waals surface area contributed by atoms with Crippen LogP contribution in [0.4, 0.5) is 0 Å². The minimum absolute atomic E-state index is 0.0499. The van der Waals surface area contributed by atoms with E-state index >= 15 is 0 Å². The molecule has 0 unspecified atom stereocenters. The van der Waals surface area contributed by atoms with Gasteiger partial charge in [-0.05, 0) is 17.7 Å². The molecule has 22 heavy (non-hydrogen) atoms. The first-order chi connectivity index (χ1) is 10.5. The van der Waals surface area contributed by atoms with Crippen molar-refractivity contribution in [3.05, 3.63) is 43.7 Å². The molecule has 118 valence electrons. The van der Waals surface area contributed by atoms with E-state index in [9.17, 15) is 14.4 Å². The van der Waals surface area contributed by atoms with Gasteiger partial charge in [0.05, 0.1) is 19.1 Å². The highest BCUT2D eigenvalue weighted by atomic mass is 32.2. The number of hydrogen-bond acceptors (Lipinski definition) is 8. The van der Waals surface area contributed by atoms with Crippen LogP contribution in [0.2, 0.25) is 0 Å². The minimum atomic E-state index is -0.669. The van der Waals surface area contributed by atoms with Gasteiger partial charge in [-0.1, -0.05) is 17.8 Å². The Hall–Kier alpha value is -1.51. The summed E-state index contributed by atoms with van der Waals surface area (Å²) < 4.78 is 9.70. The molecule has 0 atom stereocenters. The zero-order valence-corrected chi connectivity index (χ0v) is 14.6. The normalized spacial score (nSPS) is 12.0. The first-order valence-electron chi connectivity index (χ1n) is 5.91. The molecule has 0 saturated carbocycles. The van der Waals surface area contributed by atoms with E-state index in [1.807, 2.05) is 5.38 Å². The third kappa shape index (κ3) is 5.70. The van der Waals surface area contributed by atoms with Crippen molar-refractivity contribution in [3.63, 3.8) is 0 Å². The number of thiophene rings is 1. The molecule has 0 N–H and O–H groups in total. The van der Waals surface area contributed by atoms with Crippen LogP contribution in [0.15, 0.2) is 38.8 Å². The summed E-state index contributed by atoms with van der Waals surface area (Å²) in [6.45, 7) is 0. The summed E-state index contributed by atoms with van der Waals surface area (Å²) >= 11 is 3.61. The van der Waals surface area contributed by atoms with E-state index in [0.717, 1.165) is 17.8 Å². The lowest BCUT2D eigenvalue weighted by atomic mass is 10.3. The lowest BCUT2D eigenvalue weighted by Gasteiger charge is -2.06. The third-order valence-corrected chi connectivity index (χ3v) is 5.24. The van der Waals surface area contributed by atoms with E-state index < -0.39 is 11.9 Å². The summed E-state index contributed by atoms with van der Waals surface area (Å²) in [5, 5.41) is 1.81. The Morgan fingerprint density at radius 2 is 1.91 bits per heavy atom. The Bertz CT molecular complexity index is 602. The van der Waals surface area contributed by atoms with Crippen molar-refractivity contribution >= 4 is 52.6 Å². The van der Waals surface area contributed by atoms with Crippen molar-refractivity contribution in [3.8, 4) is 0 Å². The fourth-order valence-electron chi connectivity index (χ4n) is 1.23. The van der Waals surface area contributed by atoms with Crippen molar-refractivity contribution in [1.82, 2.24) is 0 Å². The topological polar surface area (TPSA) is 69.7 Å². The number of ketones is 1. The molecule has 1 heterocycles. The Balaban J connectivity index is 2.98. The van der Waals surface area contributed by atoms with Gasteiger partial charge in [0.25, 0.3) is 0 Å². The van der Waals surface area contributed by atoms with Crippen LogP contribution in [0.25, 0.3) is 0 Å². The molecule has 0 radical (unpaired) electrons. The molecule has 1 rings (SSSR count). The molecular formula is C14H14O5S3. The number of rotatable bonds is 7. The van der Waals surface area contributed by atoms with Crippen molar-refractivity contribution in [1.29, 1.82) is 0 Å². The molecule has 1 aromatic rings. The van der Waals surface area contributed by atoms with Crippen LogP contribution in [-0.2, 0) is 19.1 Å². The fraction of sp³-hybridized carbons (Fsp3) is 0.214. The summed E-state index contributed by atoms with van der Waals surface area (Å²) in [4.78, 5) is 35.7. The predicted octanol–water partition coefficient (Wildman–Crippen LogP) is 3.10. The van der Waals surface area contributed by atoms with E-state index in [2.05, 4.69) is 9.47 Å². The number of thioether (sulfide) groups is 2. The number of hydrogen-bond donors (Lipinski definition) is 0. The largest absolute Gasteiger partial charge is 0.466 e. The molecule has 0 aromatic carbocycles. The lowest BCUT2D eigenvalue weighted by Crippen LogP contribution is -2.06. The third-order valence-electron chi connectivity index (χ3n) is 2.26. The molecular weight excluding hydrogens is 344 g/mol. The van der Waals surface area contributed by atoms with Crippen LogP contribution in [-0.4, -0.2) is 38.2 Å². The summed E-state index contributed by atoms with van der Waals surface area (Å²) in [5.74, 6) is -1.49. The van der Waals surface area contributed by atoms with Crippen molar-refractivity contribution in [2.45, 2.75) is 0 Å². The molecule has 0 spiro atoms. The number of carbonyl (C=O) groups excluding carboxylic acids is 3. The van der Waals surface area contributed by atoms with Crippen molar-refractivity contribution in [2.75, 3.05) is 20.5 Å². The molecule has 0 aliphatic heterocycles. The van der Waals surface area contributed by atoms with E-state index in [1.165, 1.54) is 43.4 Å². The van der Waals surface area contributed by atoms with Crippen LogP contribution in [0.5, 0.6) is 0 Å². The van der Waals surface area contributed by atoms with E-state index in [1.54, 1.807) is 18.4 Å². The molecule has 5 nitrogen and oxygen atoms in total. The standard InChI is InChI=1S/C14H14O5S3/c1-18-12(16)8-11(14(17)19-2)22-13(20-3)7-9(15)10-5-4-6-21-10/h4-8H,1-3H3/b11-8+,13-7+. The second-order valence-corrected chi connectivity index (χ2v) is 6.77. The zero-order valence-electron chi connectivity index (χ0n) is 12.2.